The minimum Gasteiger partial charge on any atom is -0.374 e. The van der Waals surface area contributed by atoms with Crippen LogP contribution >= 0.6 is 0 Å². The number of hydrogen-bond acceptors (Lipinski definition) is 4. The van der Waals surface area contributed by atoms with Crippen molar-refractivity contribution in [3.05, 3.63) is 46.8 Å². The molecule has 2 aromatic rings. The summed E-state index contributed by atoms with van der Waals surface area (Å²) < 4.78 is 11.1. The first-order chi connectivity index (χ1) is 12.1. The molecule has 1 aromatic carbocycles. The van der Waals surface area contributed by atoms with Crippen LogP contribution in [0.15, 0.2) is 28.8 Å². The fraction of sp³-hybridized carbons (Fsp3) is 0.500. The molecule has 0 spiro atoms. The third-order valence-corrected chi connectivity index (χ3v) is 4.77. The number of carbonyl (C=O) groups excluding carboxylic acids is 1. The molecule has 0 saturated heterocycles. The van der Waals surface area contributed by atoms with Crippen molar-refractivity contribution >= 4 is 11.6 Å². The Balaban J connectivity index is 1.54. The number of amides is 1. The van der Waals surface area contributed by atoms with Crippen molar-refractivity contribution < 1.29 is 14.1 Å². The molecule has 1 aliphatic carbocycles. The molecule has 5 heteroatoms. The molecule has 1 N–H and O–H groups in total. The number of benzene rings is 1. The molecule has 0 atom stereocenters. The number of nitrogens with one attached hydrogen (secondary N) is 1. The third-order valence-electron chi connectivity index (χ3n) is 4.77. The molecule has 5 nitrogen and oxygen atoms in total. The summed E-state index contributed by atoms with van der Waals surface area (Å²) in [7, 11) is 0. The van der Waals surface area contributed by atoms with Crippen LogP contribution in [0.3, 0.4) is 0 Å². The zero-order chi connectivity index (χ0) is 17.6. The molecule has 25 heavy (non-hydrogen) atoms. The number of hydrogen-bond donors (Lipinski definition) is 1. The average Bonchev–Trinajstić information content (AvgIpc) is 2.93. The van der Waals surface area contributed by atoms with Crippen LogP contribution in [0, 0.1) is 13.8 Å². The highest BCUT2D eigenvalue weighted by Crippen LogP contribution is 2.22. The summed E-state index contributed by atoms with van der Waals surface area (Å²) in [5.41, 5.74) is 3.50. The quantitative estimate of drug-likeness (QED) is 0.849. The molecular weight excluding hydrogens is 316 g/mol. The van der Waals surface area contributed by atoms with Crippen LogP contribution in [0.25, 0.3) is 0 Å². The monoisotopic (exact) mass is 342 g/mol. The zero-order valence-corrected chi connectivity index (χ0v) is 15.0. The summed E-state index contributed by atoms with van der Waals surface area (Å²) in [6, 6.07) is 7.86. The normalized spacial score (nSPS) is 15.3. The van der Waals surface area contributed by atoms with E-state index in [9.17, 15) is 4.79 Å². The predicted molar refractivity (Wildman–Crippen MR) is 96.4 cm³/mol. The van der Waals surface area contributed by atoms with Crippen LogP contribution in [0.4, 0.5) is 5.69 Å². The first-order valence-corrected chi connectivity index (χ1v) is 9.04. The Bertz CT molecular complexity index is 698. The van der Waals surface area contributed by atoms with E-state index in [4.69, 9.17) is 9.26 Å². The summed E-state index contributed by atoms with van der Waals surface area (Å²) in [6.07, 6.45) is 6.83. The van der Waals surface area contributed by atoms with Crippen molar-refractivity contribution in [3.63, 3.8) is 0 Å². The van der Waals surface area contributed by atoms with Gasteiger partial charge in [-0.15, -0.1) is 0 Å². The van der Waals surface area contributed by atoms with Crippen molar-refractivity contribution in [1.29, 1.82) is 0 Å². The Hall–Kier alpha value is -2.14. The third kappa shape index (κ3) is 4.92. The Morgan fingerprint density at radius 1 is 1.28 bits per heavy atom. The fourth-order valence-electron chi connectivity index (χ4n) is 3.30. The van der Waals surface area contributed by atoms with Crippen molar-refractivity contribution in [2.45, 2.75) is 65.1 Å². The molecule has 0 unspecified atom stereocenters. The van der Waals surface area contributed by atoms with E-state index in [1.165, 1.54) is 19.3 Å². The number of ether oxygens (including phenoxy) is 1. The maximum atomic E-state index is 12.3. The van der Waals surface area contributed by atoms with Gasteiger partial charge >= 0.3 is 0 Å². The number of rotatable bonds is 6. The standard InChI is InChI=1S/C20H26N2O3/c1-14-19(15(2)25-22-14)12-20(23)21-17-8-6-7-16(11-17)13-24-18-9-4-3-5-10-18/h6-8,11,18H,3-5,9-10,12-13H2,1-2H3,(H,21,23). The van der Waals surface area contributed by atoms with Crippen LogP contribution in [0.5, 0.6) is 0 Å². The minimum atomic E-state index is -0.0697. The minimum absolute atomic E-state index is 0.0697. The zero-order valence-electron chi connectivity index (χ0n) is 15.0. The summed E-state index contributed by atoms with van der Waals surface area (Å²) in [6.45, 7) is 4.27. The van der Waals surface area contributed by atoms with Gasteiger partial charge in [-0.05, 0) is 44.4 Å². The molecule has 1 saturated carbocycles. The highest BCUT2D eigenvalue weighted by Gasteiger charge is 2.15. The summed E-state index contributed by atoms with van der Waals surface area (Å²) in [5, 5.41) is 6.84. The van der Waals surface area contributed by atoms with Crippen LogP contribution in [0.2, 0.25) is 0 Å². The van der Waals surface area contributed by atoms with Gasteiger partial charge in [0.1, 0.15) is 5.76 Å². The van der Waals surface area contributed by atoms with Crippen molar-refractivity contribution in [3.8, 4) is 0 Å². The van der Waals surface area contributed by atoms with E-state index in [2.05, 4.69) is 10.5 Å². The first kappa shape index (κ1) is 17.7. The number of aryl methyl sites for hydroxylation is 2. The molecule has 1 aromatic heterocycles. The second kappa shape index (κ2) is 8.30. The Morgan fingerprint density at radius 2 is 2.08 bits per heavy atom. The Morgan fingerprint density at radius 3 is 2.80 bits per heavy atom. The largest absolute Gasteiger partial charge is 0.374 e. The maximum absolute atomic E-state index is 12.3. The van der Waals surface area contributed by atoms with Gasteiger partial charge in [-0.3, -0.25) is 4.79 Å². The Labute approximate surface area is 148 Å². The van der Waals surface area contributed by atoms with E-state index in [-0.39, 0.29) is 12.3 Å². The lowest BCUT2D eigenvalue weighted by Gasteiger charge is -2.22. The molecule has 3 rings (SSSR count). The number of anilines is 1. The number of carbonyl (C=O) groups is 1. The van der Waals surface area contributed by atoms with E-state index in [1.54, 1.807) is 0 Å². The van der Waals surface area contributed by atoms with E-state index in [0.717, 1.165) is 35.3 Å². The van der Waals surface area contributed by atoms with Crippen molar-refractivity contribution in [1.82, 2.24) is 5.16 Å². The number of aromatic nitrogens is 1. The van der Waals surface area contributed by atoms with Crippen LogP contribution in [-0.2, 0) is 22.6 Å². The first-order valence-electron chi connectivity index (χ1n) is 9.04. The second-order valence-electron chi connectivity index (χ2n) is 6.80. The van der Waals surface area contributed by atoms with Gasteiger partial charge < -0.3 is 14.6 Å². The molecule has 0 radical (unpaired) electrons. The SMILES string of the molecule is Cc1noc(C)c1CC(=O)Nc1cccc(COC2CCCCC2)c1. The van der Waals surface area contributed by atoms with Crippen molar-refractivity contribution in [2.24, 2.45) is 0 Å². The van der Waals surface area contributed by atoms with Gasteiger partial charge in [-0.1, -0.05) is 36.6 Å². The van der Waals surface area contributed by atoms with Gasteiger partial charge in [0.15, 0.2) is 0 Å². The van der Waals surface area contributed by atoms with Gasteiger partial charge in [0.25, 0.3) is 0 Å². The van der Waals surface area contributed by atoms with Crippen molar-refractivity contribution in [2.75, 3.05) is 5.32 Å². The lowest BCUT2D eigenvalue weighted by atomic mass is 9.98. The topological polar surface area (TPSA) is 64.4 Å². The van der Waals surface area contributed by atoms with E-state index in [1.807, 2.05) is 38.1 Å². The fourth-order valence-corrected chi connectivity index (χ4v) is 3.30. The lowest BCUT2D eigenvalue weighted by Crippen LogP contribution is -2.17. The van der Waals surface area contributed by atoms with E-state index < -0.39 is 0 Å². The molecule has 1 amide bonds. The van der Waals surface area contributed by atoms with Gasteiger partial charge in [0.05, 0.1) is 24.8 Å². The molecule has 134 valence electrons. The summed E-state index contributed by atoms with van der Waals surface area (Å²) >= 11 is 0. The molecule has 0 bridgehead atoms. The maximum Gasteiger partial charge on any atom is 0.228 e. The van der Waals surface area contributed by atoms with Crippen LogP contribution in [-0.4, -0.2) is 17.2 Å². The van der Waals surface area contributed by atoms with Gasteiger partial charge in [-0.25, -0.2) is 0 Å². The molecule has 1 aliphatic rings. The molecule has 1 heterocycles. The molecule has 0 aliphatic heterocycles. The molecular formula is C20H26N2O3. The number of nitrogens with zero attached hydrogens (tertiary/aromatic N) is 1. The predicted octanol–water partition coefficient (Wildman–Crippen LogP) is 4.32. The smallest absolute Gasteiger partial charge is 0.228 e. The van der Waals surface area contributed by atoms with Gasteiger partial charge in [-0.2, -0.15) is 0 Å². The van der Waals surface area contributed by atoms with E-state index in [0.29, 0.717) is 18.5 Å². The van der Waals surface area contributed by atoms with E-state index >= 15 is 0 Å². The highest BCUT2D eigenvalue weighted by molar-refractivity contribution is 5.92. The Kier molecular flexibility index (Phi) is 5.87. The van der Waals surface area contributed by atoms with Crippen LogP contribution in [0.1, 0.15) is 54.7 Å². The van der Waals surface area contributed by atoms with Gasteiger partial charge in [0, 0.05) is 11.3 Å². The van der Waals surface area contributed by atoms with Crippen LogP contribution < -0.4 is 5.32 Å². The summed E-state index contributed by atoms with van der Waals surface area (Å²) in [4.78, 5) is 12.3. The average molecular weight is 342 g/mol. The molecule has 1 fully saturated rings. The van der Waals surface area contributed by atoms with Gasteiger partial charge in [0.2, 0.25) is 5.91 Å². The second-order valence-corrected chi connectivity index (χ2v) is 6.80. The highest BCUT2D eigenvalue weighted by atomic mass is 16.5. The summed E-state index contributed by atoms with van der Waals surface area (Å²) in [5.74, 6) is 0.627. The lowest BCUT2D eigenvalue weighted by molar-refractivity contribution is -0.115.